The van der Waals surface area contributed by atoms with E-state index in [0.717, 1.165) is 11.3 Å². The first-order valence-corrected chi connectivity index (χ1v) is 7.72. The minimum Gasteiger partial charge on any atom is -0.484 e. The molecule has 0 aliphatic rings. The SMILES string of the molecule is Cc1cc(/C=N/NC(=O)COc2cccc(Cl)c2)cn1C(C)C. The molecule has 1 aromatic carbocycles. The largest absolute Gasteiger partial charge is 0.484 e. The molecule has 1 aromatic heterocycles. The quantitative estimate of drug-likeness (QED) is 0.649. The number of nitrogens with one attached hydrogen (secondary N) is 1. The smallest absolute Gasteiger partial charge is 0.277 e. The molecule has 0 saturated carbocycles. The Hall–Kier alpha value is -2.27. The summed E-state index contributed by atoms with van der Waals surface area (Å²) >= 11 is 5.84. The van der Waals surface area contributed by atoms with Crippen LogP contribution in [0.1, 0.15) is 31.1 Å². The van der Waals surface area contributed by atoms with Crippen LogP contribution in [0.25, 0.3) is 0 Å². The molecular weight excluding hydrogens is 314 g/mol. The number of hydrazone groups is 1. The summed E-state index contributed by atoms with van der Waals surface area (Å²) in [6.07, 6.45) is 3.61. The lowest BCUT2D eigenvalue weighted by molar-refractivity contribution is -0.123. The van der Waals surface area contributed by atoms with E-state index in [2.05, 4.69) is 28.9 Å². The van der Waals surface area contributed by atoms with E-state index in [1.165, 1.54) is 0 Å². The molecular formula is C17H20ClN3O2. The van der Waals surface area contributed by atoms with Crippen LogP contribution in [0.4, 0.5) is 0 Å². The number of carbonyl (C=O) groups is 1. The van der Waals surface area contributed by atoms with E-state index in [0.29, 0.717) is 16.8 Å². The second-order valence-corrected chi connectivity index (χ2v) is 5.89. The Morgan fingerprint density at radius 2 is 2.22 bits per heavy atom. The van der Waals surface area contributed by atoms with Crippen molar-refractivity contribution in [2.24, 2.45) is 5.10 Å². The molecule has 122 valence electrons. The number of benzene rings is 1. The molecule has 2 rings (SSSR count). The molecule has 6 heteroatoms. The van der Waals surface area contributed by atoms with E-state index in [-0.39, 0.29) is 12.5 Å². The molecule has 0 bridgehead atoms. The highest BCUT2D eigenvalue weighted by molar-refractivity contribution is 6.30. The number of nitrogens with zero attached hydrogens (tertiary/aromatic N) is 2. The van der Waals surface area contributed by atoms with Gasteiger partial charge in [-0.25, -0.2) is 5.43 Å². The van der Waals surface area contributed by atoms with Gasteiger partial charge in [-0.1, -0.05) is 17.7 Å². The van der Waals surface area contributed by atoms with E-state index >= 15 is 0 Å². The third kappa shape index (κ3) is 5.14. The van der Waals surface area contributed by atoms with E-state index < -0.39 is 0 Å². The molecule has 0 fully saturated rings. The summed E-state index contributed by atoms with van der Waals surface area (Å²) in [4.78, 5) is 11.7. The third-order valence-electron chi connectivity index (χ3n) is 3.20. The molecule has 5 nitrogen and oxygen atoms in total. The number of hydrogen-bond donors (Lipinski definition) is 1. The maximum absolute atomic E-state index is 11.7. The van der Waals surface area contributed by atoms with Crippen LogP contribution in [0, 0.1) is 6.92 Å². The van der Waals surface area contributed by atoms with E-state index in [9.17, 15) is 4.79 Å². The standard InChI is InChI=1S/C17H20ClN3O2/c1-12(2)21-10-14(7-13(21)3)9-19-20-17(22)11-23-16-6-4-5-15(18)8-16/h4-10,12H,11H2,1-3H3,(H,20,22)/b19-9+. The lowest BCUT2D eigenvalue weighted by Gasteiger charge is -2.08. The highest BCUT2D eigenvalue weighted by Crippen LogP contribution is 2.16. The molecule has 0 atom stereocenters. The zero-order valence-corrected chi connectivity index (χ0v) is 14.2. The molecule has 1 heterocycles. The van der Waals surface area contributed by atoms with Crippen LogP contribution in [-0.4, -0.2) is 23.3 Å². The number of aromatic nitrogens is 1. The molecule has 1 amide bonds. The molecule has 0 aliphatic carbocycles. The first-order valence-electron chi connectivity index (χ1n) is 7.34. The van der Waals surface area contributed by atoms with Crippen molar-refractivity contribution in [2.75, 3.05) is 6.61 Å². The Morgan fingerprint density at radius 1 is 1.43 bits per heavy atom. The lowest BCUT2D eigenvalue weighted by Crippen LogP contribution is -2.24. The molecule has 0 unspecified atom stereocenters. The zero-order chi connectivity index (χ0) is 16.8. The molecule has 2 aromatic rings. The van der Waals surface area contributed by atoms with Crippen LogP contribution in [0.15, 0.2) is 41.6 Å². The third-order valence-corrected chi connectivity index (χ3v) is 3.43. The summed E-state index contributed by atoms with van der Waals surface area (Å²) < 4.78 is 7.48. The fourth-order valence-corrected chi connectivity index (χ4v) is 2.34. The number of aryl methyl sites for hydroxylation is 1. The van der Waals surface area contributed by atoms with Gasteiger partial charge < -0.3 is 9.30 Å². The summed E-state index contributed by atoms with van der Waals surface area (Å²) in [5.41, 5.74) is 4.52. The fourth-order valence-electron chi connectivity index (χ4n) is 2.16. The summed E-state index contributed by atoms with van der Waals surface area (Å²) in [5, 5.41) is 4.50. The van der Waals surface area contributed by atoms with Gasteiger partial charge in [0.1, 0.15) is 5.75 Å². The lowest BCUT2D eigenvalue weighted by atomic mass is 10.3. The summed E-state index contributed by atoms with van der Waals surface area (Å²) in [6, 6.07) is 9.28. The Bertz CT molecular complexity index is 708. The molecule has 0 spiro atoms. The number of carbonyl (C=O) groups excluding carboxylic acids is 1. The second kappa shape index (κ2) is 7.83. The number of ether oxygens (including phenoxy) is 1. The summed E-state index contributed by atoms with van der Waals surface area (Å²) in [6.45, 7) is 6.14. The summed E-state index contributed by atoms with van der Waals surface area (Å²) in [7, 11) is 0. The maximum atomic E-state index is 11.7. The van der Waals surface area contributed by atoms with E-state index in [1.807, 2.05) is 19.2 Å². The van der Waals surface area contributed by atoms with Gasteiger partial charge in [0, 0.05) is 28.5 Å². The van der Waals surface area contributed by atoms with Crippen LogP contribution in [0.3, 0.4) is 0 Å². The average molecular weight is 334 g/mol. The van der Waals surface area contributed by atoms with Crippen LogP contribution in [0.2, 0.25) is 5.02 Å². The molecule has 0 radical (unpaired) electrons. The fraction of sp³-hybridized carbons (Fsp3) is 0.294. The van der Waals surface area contributed by atoms with Gasteiger partial charge in [0.25, 0.3) is 5.91 Å². The number of hydrogen-bond acceptors (Lipinski definition) is 3. The minimum absolute atomic E-state index is 0.121. The van der Waals surface area contributed by atoms with Crippen molar-refractivity contribution in [1.82, 2.24) is 9.99 Å². The van der Waals surface area contributed by atoms with Gasteiger partial charge in [-0.05, 0) is 45.0 Å². The van der Waals surface area contributed by atoms with Crippen molar-refractivity contribution in [3.05, 3.63) is 52.8 Å². The van der Waals surface area contributed by atoms with E-state index in [1.54, 1.807) is 30.5 Å². The van der Waals surface area contributed by atoms with Crippen molar-refractivity contribution in [3.63, 3.8) is 0 Å². The Balaban J connectivity index is 1.83. The van der Waals surface area contributed by atoms with Crippen LogP contribution in [0.5, 0.6) is 5.75 Å². The predicted octanol–water partition coefficient (Wildman–Crippen LogP) is 3.56. The van der Waals surface area contributed by atoms with Gasteiger partial charge >= 0.3 is 0 Å². The topological polar surface area (TPSA) is 55.6 Å². The minimum atomic E-state index is -0.332. The van der Waals surface area contributed by atoms with Crippen molar-refractivity contribution in [2.45, 2.75) is 26.8 Å². The molecule has 1 N–H and O–H groups in total. The second-order valence-electron chi connectivity index (χ2n) is 5.46. The molecule has 23 heavy (non-hydrogen) atoms. The van der Waals surface area contributed by atoms with Crippen molar-refractivity contribution >= 4 is 23.7 Å². The van der Waals surface area contributed by atoms with Gasteiger partial charge in [0.05, 0.1) is 6.21 Å². The summed E-state index contributed by atoms with van der Waals surface area (Å²) in [5.74, 6) is 0.211. The van der Waals surface area contributed by atoms with Crippen molar-refractivity contribution in [1.29, 1.82) is 0 Å². The maximum Gasteiger partial charge on any atom is 0.277 e. The van der Waals surface area contributed by atoms with E-state index in [4.69, 9.17) is 16.3 Å². The van der Waals surface area contributed by atoms with Gasteiger partial charge in [0.2, 0.25) is 0 Å². The first-order chi connectivity index (χ1) is 11.0. The number of rotatable bonds is 6. The molecule has 0 aliphatic heterocycles. The number of amides is 1. The first kappa shape index (κ1) is 17.1. The average Bonchev–Trinajstić information content (AvgIpc) is 2.86. The highest BCUT2D eigenvalue weighted by atomic mass is 35.5. The zero-order valence-electron chi connectivity index (χ0n) is 13.4. The van der Waals surface area contributed by atoms with Crippen molar-refractivity contribution < 1.29 is 9.53 Å². The van der Waals surface area contributed by atoms with Gasteiger partial charge in [0.15, 0.2) is 6.61 Å². The normalized spacial score (nSPS) is 11.2. The highest BCUT2D eigenvalue weighted by Gasteiger charge is 2.04. The Kier molecular flexibility index (Phi) is 5.82. The van der Waals surface area contributed by atoms with Gasteiger partial charge in [-0.2, -0.15) is 5.10 Å². The van der Waals surface area contributed by atoms with Gasteiger partial charge in [-0.15, -0.1) is 0 Å². The Morgan fingerprint density at radius 3 is 2.87 bits per heavy atom. The monoisotopic (exact) mass is 333 g/mol. The number of halogens is 1. The Labute approximate surface area is 140 Å². The van der Waals surface area contributed by atoms with Crippen LogP contribution in [-0.2, 0) is 4.79 Å². The van der Waals surface area contributed by atoms with Crippen molar-refractivity contribution in [3.8, 4) is 5.75 Å². The van der Waals surface area contributed by atoms with Gasteiger partial charge in [-0.3, -0.25) is 4.79 Å². The van der Waals surface area contributed by atoms with Crippen LogP contribution >= 0.6 is 11.6 Å². The predicted molar refractivity (Wildman–Crippen MR) is 92.2 cm³/mol. The molecule has 0 saturated heterocycles. The van der Waals surface area contributed by atoms with Crippen LogP contribution < -0.4 is 10.2 Å².